The summed E-state index contributed by atoms with van der Waals surface area (Å²) in [4.78, 5) is 25.3. The maximum Gasteiger partial charge on any atom is 0.269 e. The number of unbranched alkanes of at least 4 members (excludes halogenated alkanes) is 1. The van der Waals surface area contributed by atoms with E-state index in [1.165, 1.54) is 11.7 Å². The van der Waals surface area contributed by atoms with E-state index in [0.717, 1.165) is 29.7 Å². The Morgan fingerprint density at radius 3 is 2.71 bits per heavy atom. The number of rotatable bonds is 8. The highest BCUT2D eigenvalue weighted by molar-refractivity contribution is 7.07. The van der Waals surface area contributed by atoms with E-state index in [4.69, 9.17) is 16.3 Å². The highest BCUT2D eigenvalue weighted by Gasteiger charge is 2.15. The van der Waals surface area contributed by atoms with Crippen molar-refractivity contribution in [3.63, 3.8) is 0 Å². The molecule has 0 aliphatic heterocycles. The summed E-state index contributed by atoms with van der Waals surface area (Å²) in [6.45, 7) is 3.04. The number of benzene rings is 1. The van der Waals surface area contributed by atoms with Gasteiger partial charge in [-0.2, -0.15) is 5.26 Å². The largest absolute Gasteiger partial charge is 0.383 e. The zero-order valence-corrected chi connectivity index (χ0v) is 17.4. The third kappa shape index (κ3) is 5.55. The second-order valence-electron chi connectivity index (χ2n) is 6.01. The van der Waals surface area contributed by atoms with Crippen molar-refractivity contribution >= 4 is 40.5 Å². The van der Waals surface area contributed by atoms with Crippen LogP contribution in [0, 0.1) is 11.3 Å². The lowest BCUT2D eigenvalue weighted by Crippen LogP contribution is -2.36. The average Bonchev–Trinajstić information content (AvgIpc) is 2.98. The minimum atomic E-state index is -0.471. The molecule has 0 radical (unpaired) electrons. The van der Waals surface area contributed by atoms with Gasteiger partial charge in [0, 0.05) is 18.7 Å². The van der Waals surface area contributed by atoms with Gasteiger partial charge >= 0.3 is 0 Å². The lowest BCUT2D eigenvalue weighted by molar-refractivity contribution is -0.115. The van der Waals surface area contributed by atoms with Crippen LogP contribution in [0.3, 0.4) is 0 Å². The standard InChI is InChI=1S/C20H22ClN3O3S/c1-3-4-9-23-18(25)16(13-22)20-24(10-11-27-2)19(26)17(28-20)12-14-5-7-15(21)8-6-14/h5-8,12H,3-4,9-11H2,1-2H3,(H,23,25)/b17-12-,20-16-. The Kier molecular flexibility index (Phi) is 8.45. The number of amides is 1. The third-order valence-electron chi connectivity index (χ3n) is 3.96. The van der Waals surface area contributed by atoms with Gasteiger partial charge in [0.15, 0.2) is 5.57 Å². The lowest BCUT2D eigenvalue weighted by Gasteiger charge is -2.04. The molecule has 0 fully saturated rings. The second-order valence-corrected chi connectivity index (χ2v) is 7.48. The maximum atomic E-state index is 12.9. The van der Waals surface area contributed by atoms with Crippen molar-refractivity contribution in [2.45, 2.75) is 26.3 Å². The first-order chi connectivity index (χ1) is 13.5. The number of hydrogen-bond donors (Lipinski definition) is 1. The van der Waals surface area contributed by atoms with E-state index >= 15 is 0 Å². The normalized spacial score (nSPS) is 12.6. The fourth-order valence-electron chi connectivity index (χ4n) is 2.46. The molecular weight excluding hydrogens is 398 g/mol. The van der Waals surface area contributed by atoms with Crippen LogP contribution in [-0.4, -0.2) is 30.7 Å². The summed E-state index contributed by atoms with van der Waals surface area (Å²) in [5.74, 6) is -0.471. The molecule has 148 valence electrons. The Morgan fingerprint density at radius 1 is 1.39 bits per heavy atom. The van der Waals surface area contributed by atoms with Crippen molar-refractivity contribution in [3.05, 3.63) is 54.4 Å². The molecule has 1 amide bonds. The highest BCUT2D eigenvalue weighted by Crippen LogP contribution is 2.09. The van der Waals surface area contributed by atoms with Gasteiger partial charge in [-0.1, -0.05) is 37.1 Å². The number of aromatic nitrogens is 1. The van der Waals surface area contributed by atoms with E-state index in [0.29, 0.717) is 27.4 Å². The monoisotopic (exact) mass is 419 g/mol. The van der Waals surface area contributed by atoms with Crippen LogP contribution in [0.2, 0.25) is 5.02 Å². The smallest absolute Gasteiger partial charge is 0.269 e. The fourth-order valence-corrected chi connectivity index (χ4v) is 3.72. The molecule has 0 atom stereocenters. The Balaban J connectivity index is 2.61. The number of nitriles is 1. The number of carbonyl (C=O) groups excluding carboxylic acids is 1. The van der Waals surface area contributed by atoms with E-state index in [1.54, 1.807) is 30.3 Å². The van der Waals surface area contributed by atoms with Crippen LogP contribution >= 0.6 is 22.9 Å². The number of halogens is 1. The van der Waals surface area contributed by atoms with Crippen molar-refractivity contribution in [3.8, 4) is 6.07 Å². The maximum absolute atomic E-state index is 12.9. The molecule has 0 spiro atoms. The first-order valence-electron chi connectivity index (χ1n) is 8.90. The highest BCUT2D eigenvalue weighted by atomic mass is 35.5. The van der Waals surface area contributed by atoms with Crippen molar-refractivity contribution < 1.29 is 9.53 Å². The van der Waals surface area contributed by atoms with Crippen LogP contribution in [0.5, 0.6) is 0 Å². The van der Waals surface area contributed by atoms with Crippen molar-refractivity contribution in [1.82, 2.24) is 9.88 Å². The Labute approximate surface area is 172 Å². The summed E-state index contributed by atoms with van der Waals surface area (Å²) in [5, 5.41) is 12.9. The van der Waals surface area contributed by atoms with Crippen molar-refractivity contribution in [1.29, 1.82) is 5.26 Å². The van der Waals surface area contributed by atoms with E-state index in [-0.39, 0.29) is 17.7 Å². The van der Waals surface area contributed by atoms with E-state index in [2.05, 4.69) is 5.32 Å². The predicted octanol–water partition coefficient (Wildman–Crippen LogP) is 1.63. The van der Waals surface area contributed by atoms with Crippen LogP contribution in [0.25, 0.3) is 11.6 Å². The van der Waals surface area contributed by atoms with E-state index < -0.39 is 5.91 Å². The Morgan fingerprint density at radius 2 is 2.11 bits per heavy atom. The fraction of sp³-hybridized carbons (Fsp3) is 0.350. The van der Waals surface area contributed by atoms with Crippen LogP contribution in [0.1, 0.15) is 25.3 Å². The molecule has 1 aromatic heterocycles. The number of hydrogen-bond acceptors (Lipinski definition) is 5. The minimum Gasteiger partial charge on any atom is -0.383 e. The van der Waals surface area contributed by atoms with E-state index in [9.17, 15) is 14.9 Å². The molecule has 8 heteroatoms. The summed E-state index contributed by atoms with van der Waals surface area (Å²) < 4.78 is 7.27. The molecule has 28 heavy (non-hydrogen) atoms. The summed E-state index contributed by atoms with van der Waals surface area (Å²) in [6.07, 6.45) is 3.47. The van der Waals surface area contributed by atoms with Crippen LogP contribution in [0.15, 0.2) is 29.1 Å². The predicted molar refractivity (Wildman–Crippen MR) is 112 cm³/mol. The minimum absolute atomic E-state index is 0.0648. The van der Waals surface area contributed by atoms with Crippen LogP contribution in [-0.2, 0) is 16.1 Å². The van der Waals surface area contributed by atoms with Gasteiger partial charge in [0.2, 0.25) is 0 Å². The van der Waals surface area contributed by atoms with Crippen molar-refractivity contribution in [2.75, 3.05) is 20.3 Å². The molecule has 0 saturated carbocycles. The third-order valence-corrected chi connectivity index (χ3v) is 5.35. The first kappa shape index (κ1) is 21.9. The molecule has 0 unspecified atom stereocenters. The molecule has 2 rings (SSSR count). The van der Waals surface area contributed by atoms with Gasteiger partial charge in [-0.15, -0.1) is 11.3 Å². The molecule has 0 aliphatic rings. The summed E-state index contributed by atoms with van der Waals surface area (Å²) in [6, 6.07) is 9.03. The topological polar surface area (TPSA) is 84.1 Å². The average molecular weight is 420 g/mol. The van der Waals surface area contributed by atoms with Gasteiger partial charge in [0.25, 0.3) is 11.5 Å². The number of carbonyl (C=O) groups is 1. The van der Waals surface area contributed by atoms with Gasteiger partial charge in [0.05, 0.1) is 17.7 Å². The number of thiazole rings is 1. The summed E-state index contributed by atoms with van der Waals surface area (Å²) in [7, 11) is 1.53. The molecule has 1 heterocycles. The SMILES string of the molecule is CCCCNC(=O)/C(C#N)=c1\s/c(=C\c2ccc(Cl)cc2)c(=O)n1CCOC. The van der Waals surface area contributed by atoms with Gasteiger partial charge in [-0.3, -0.25) is 14.2 Å². The molecule has 0 bridgehead atoms. The van der Waals surface area contributed by atoms with Gasteiger partial charge < -0.3 is 10.1 Å². The van der Waals surface area contributed by atoms with E-state index in [1.807, 2.05) is 13.0 Å². The number of methoxy groups -OCH3 is 1. The van der Waals surface area contributed by atoms with Crippen molar-refractivity contribution in [2.24, 2.45) is 0 Å². The number of ether oxygens (including phenoxy) is 1. The quantitative estimate of drug-likeness (QED) is 0.659. The van der Waals surface area contributed by atoms with Gasteiger partial charge in [-0.05, 0) is 30.2 Å². The van der Waals surface area contributed by atoms with Crippen LogP contribution in [0.4, 0.5) is 0 Å². The van der Waals surface area contributed by atoms with Gasteiger partial charge in [-0.25, -0.2) is 0 Å². The summed E-state index contributed by atoms with van der Waals surface area (Å²) >= 11 is 7.03. The Bertz CT molecular complexity index is 1030. The first-order valence-corrected chi connectivity index (χ1v) is 10.1. The molecule has 1 aromatic carbocycles. The molecule has 0 aliphatic carbocycles. The summed E-state index contributed by atoms with van der Waals surface area (Å²) in [5.41, 5.74) is 0.477. The Hall–Kier alpha value is -2.40. The number of nitrogens with zero attached hydrogens (tertiary/aromatic N) is 2. The van der Waals surface area contributed by atoms with Gasteiger partial charge in [0.1, 0.15) is 10.7 Å². The lowest BCUT2D eigenvalue weighted by atomic mass is 10.2. The molecule has 2 aromatic rings. The molecular formula is C20H22ClN3O3S. The molecule has 0 saturated heterocycles. The second kappa shape index (κ2) is 10.8. The van der Waals surface area contributed by atoms with Crippen LogP contribution < -0.4 is 20.1 Å². The zero-order chi connectivity index (χ0) is 20.5. The molecule has 1 N–H and O–H groups in total. The zero-order valence-electron chi connectivity index (χ0n) is 15.8. The number of nitrogens with one attached hydrogen (secondary N) is 1. The molecule has 6 nitrogen and oxygen atoms in total.